The SMILES string of the molecule is CCN1Cc2cc(CCC(=O)NCC(=O)N3CCCC3CO)ccc2NCCC1=O. The quantitative estimate of drug-likeness (QED) is 0.613. The number of benzene rings is 1. The molecule has 1 saturated heterocycles. The Balaban J connectivity index is 1.51. The molecule has 30 heavy (non-hydrogen) atoms. The first kappa shape index (κ1) is 22.1. The molecule has 2 aliphatic heterocycles. The summed E-state index contributed by atoms with van der Waals surface area (Å²) in [6, 6.07) is 5.94. The summed E-state index contributed by atoms with van der Waals surface area (Å²) < 4.78 is 0. The molecule has 1 atom stereocenters. The zero-order chi connectivity index (χ0) is 21.5. The topological polar surface area (TPSA) is 102 Å². The van der Waals surface area contributed by atoms with E-state index in [0.29, 0.717) is 45.4 Å². The lowest BCUT2D eigenvalue weighted by Crippen LogP contribution is -2.43. The molecule has 1 aromatic carbocycles. The van der Waals surface area contributed by atoms with Crippen LogP contribution in [0, 0.1) is 0 Å². The van der Waals surface area contributed by atoms with E-state index in [9.17, 15) is 19.5 Å². The Morgan fingerprint density at radius 1 is 1.33 bits per heavy atom. The van der Waals surface area contributed by atoms with Crippen LogP contribution in [0.2, 0.25) is 0 Å². The molecule has 0 bridgehead atoms. The van der Waals surface area contributed by atoms with Gasteiger partial charge in [0.1, 0.15) is 0 Å². The highest BCUT2D eigenvalue weighted by Crippen LogP contribution is 2.23. The molecular formula is C22H32N4O4. The van der Waals surface area contributed by atoms with Crippen LogP contribution in [0.25, 0.3) is 0 Å². The maximum atomic E-state index is 12.3. The number of nitrogens with one attached hydrogen (secondary N) is 2. The lowest BCUT2D eigenvalue weighted by Gasteiger charge is -2.26. The molecule has 1 aromatic rings. The Morgan fingerprint density at radius 2 is 2.17 bits per heavy atom. The smallest absolute Gasteiger partial charge is 0.242 e. The molecule has 8 nitrogen and oxygen atoms in total. The number of hydrogen-bond donors (Lipinski definition) is 3. The van der Waals surface area contributed by atoms with Gasteiger partial charge in [-0.25, -0.2) is 0 Å². The van der Waals surface area contributed by atoms with Crippen molar-refractivity contribution in [2.75, 3.05) is 38.1 Å². The summed E-state index contributed by atoms with van der Waals surface area (Å²) in [7, 11) is 0. The zero-order valence-corrected chi connectivity index (χ0v) is 17.7. The van der Waals surface area contributed by atoms with E-state index in [1.54, 1.807) is 4.90 Å². The zero-order valence-electron chi connectivity index (χ0n) is 17.7. The highest BCUT2D eigenvalue weighted by molar-refractivity contribution is 5.85. The highest BCUT2D eigenvalue weighted by atomic mass is 16.3. The first-order valence-corrected chi connectivity index (χ1v) is 10.8. The van der Waals surface area contributed by atoms with Crippen LogP contribution in [0.15, 0.2) is 18.2 Å². The highest BCUT2D eigenvalue weighted by Gasteiger charge is 2.27. The van der Waals surface area contributed by atoms with Crippen LogP contribution in [-0.4, -0.2) is 71.5 Å². The van der Waals surface area contributed by atoms with Crippen LogP contribution in [0.4, 0.5) is 5.69 Å². The van der Waals surface area contributed by atoms with Gasteiger partial charge in [-0.05, 0) is 43.4 Å². The molecule has 0 spiro atoms. The second-order valence-corrected chi connectivity index (χ2v) is 7.92. The van der Waals surface area contributed by atoms with E-state index in [-0.39, 0.29) is 36.9 Å². The van der Waals surface area contributed by atoms with Crippen molar-refractivity contribution in [2.24, 2.45) is 0 Å². The second-order valence-electron chi connectivity index (χ2n) is 7.92. The maximum absolute atomic E-state index is 12.3. The van der Waals surface area contributed by atoms with Crippen LogP contribution in [-0.2, 0) is 27.3 Å². The number of nitrogens with zero attached hydrogens (tertiary/aromatic N) is 2. The van der Waals surface area contributed by atoms with E-state index in [1.807, 2.05) is 24.0 Å². The van der Waals surface area contributed by atoms with Crippen LogP contribution >= 0.6 is 0 Å². The van der Waals surface area contributed by atoms with Gasteiger partial charge in [-0.2, -0.15) is 0 Å². The molecule has 0 aromatic heterocycles. The van der Waals surface area contributed by atoms with Gasteiger partial charge in [0.25, 0.3) is 0 Å². The number of likely N-dealkylation sites (tertiary alicyclic amines) is 1. The number of aryl methyl sites for hydroxylation is 1. The minimum atomic E-state index is -0.168. The van der Waals surface area contributed by atoms with Gasteiger partial charge < -0.3 is 25.5 Å². The molecule has 1 unspecified atom stereocenters. The van der Waals surface area contributed by atoms with E-state index in [2.05, 4.69) is 16.7 Å². The van der Waals surface area contributed by atoms with Gasteiger partial charge >= 0.3 is 0 Å². The molecule has 3 N–H and O–H groups in total. The molecule has 2 aliphatic rings. The summed E-state index contributed by atoms with van der Waals surface area (Å²) in [6.45, 7) is 4.41. The first-order valence-electron chi connectivity index (χ1n) is 10.8. The molecule has 1 fully saturated rings. The van der Waals surface area contributed by atoms with Crippen LogP contribution < -0.4 is 10.6 Å². The number of carbonyl (C=O) groups excluding carboxylic acids is 3. The Labute approximate surface area is 177 Å². The van der Waals surface area contributed by atoms with Crippen molar-refractivity contribution in [1.82, 2.24) is 15.1 Å². The van der Waals surface area contributed by atoms with Gasteiger partial charge in [0.2, 0.25) is 17.7 Å². The molecule has 164 valence electrons. The number of rotatable bonds is 7. The lowest BCUT2D eigenvalue weighted by atomic mass is 10.0. The summed E-state index contributed by atoms with van der Waals surface area (Å²) in [5.74, 6) is -0.166. The Morgan fingerprint density at radius 3 is 2.93 bits per heavy atom. The summed E-state index contributed by atoms with van der Waals surface area (Å²) >= 11 is 0. The normalized spacial score (nSPS) is 19.0. The number of hydrogen-bond acceptors (Lipinski definition) is 5. The third-order valence-corrected chi connectivity index (χ3v) is 5.91. The minimum absolute atomic E-state index is 0.0307. The third-order valence-electron chi connectivity index (χ3n) is 5.91. The van der Waals surface area contributed by atoms with Gasteiger partial charge in [-0.3, -0.25) is 14.4 Å². The van der Waals surface area contributed by atoms with E-state index >= 15 is 0 Å². The Kier molecular flexibility index (Phi) is 7.68. The van der Waals surface area contributed by atoms with E-state index in [0.717, 1.165) is 29.7 Å². The van der Waals surface area contributed by atoms with Crippen molar-refractivity contribution < 1.29 is 19.5 Å². The molecule has 0 aliphatic carbocycles. The molecular weight excluding hydrogens is 384 g/mol. The Bertz CT molecular complexity index is 782. The number of aliphatic hydroxyl groups is 1. The van der Waals surface area contributed by atoms with Crippen molar-refractivity contribution in [2.45, 2.75) is 51.6 Å². The molecule has 0 saturated carbocycles. The van der Waals surface area contributed by atoms with Crippen molar-refractivity contribution >= 4 is 23.4 Å². The fraction of sp³-hybridized carbons (Fsp3) is 0.591. The predicted molar refractivity (Wildman–Crippen MR) is 114 cm³/mol. The average molecular weight is 417 g/mol. The summed E-state index contributed by atoms with van der Waals surface area (Å²) in [5.41, 5.74) is 3.12. The minimum Gasteiger partial charge on any atom is -0.394 e. The average Bonchev–Trinajstić information content (AvgIpc) is 3.23. The van der Waals surface area contributed by atoms with Gasteiger partial charge in [-0.1, -0.05) is 12.1 Å². The van der Waals surface area contributed by atoms with E-state index < -0.39 is 0 Å². The number of amides is 3. The van der Waals surface area contributed by atoms with Crippen molar-refractivity contribution in [3.05, 3.63) is 29.3 Å². The van der Waals surface area contributed by atoms with Gasteiger partial charge in [0.15, 0.2) is 0 Å². The second kappa shape index (κ2) is 10.4. The van der Waals surface area contributed by atoms with Gasteiger partial charge in [-0.15, -0.1) is 0 Å². The molecule has 3 rings (SSSR count). The van der Waals surface area contributed by atoms with Crippen molar-refractivity contribution in [3.8, 4) is 0 Å². The van der Waals surface area contributed by atoms with Gasteiger partial charge in [0, 0.05) is 44.7 Å². The largest absolute Gasteiger partial charge is 0.394 e. The summed E-state index contributed by atoms with van der Waals surface area (Å²) in [5, 5.41) is 15.3. The number of fused-ring (bicyclic) bond motifs is 1. The number of aliphatic hydroxyl groups excluding tert-OH is 1. The fourth-order valence-electron chi connectivity index (χ4n) is 4.13. The predicted octanol–water partition coefficient (Wildman–Crippen LogP) is 0.883. The van der Waals surface area contributed by atoms with Crippen LogP contribution in [0.3, 0.4) is 0 Å². The van der Waals surface area contributed by atoms with Gasteiger partial charge in [0.05, 0.1) is 19.2 Å². The first-order chi connectivity index (χ1) is 14.5. The van der Waals surface area contributed by atoms with Crippen molar-refractivity contribution in [3.63, 3.8) is 0 Å². The van der Waals surface area contributed by atoms with Crippen LogP contribution in [0.1, 0.15) is 43.7 Å². The van der Waals surface area contributed by atoms with E-state index in [4.69, 9.17) is 0 Å². The lowest BCUT2D eigenvalue weighted by molar-refractivity contribution is -0.134. The monoisotopic (exact) mass is 416 g/mol. The molecule has 0 radical (unpaired) electrons. The van der Waals surface area contributed by atoms with Crippen LogP contribution in [0.5, 0.6) is 0 Å². The van der Waals surface area contributed by atoms with Crippen molar-refractivity contribution in [1.29, 1.82) is 0 Å². The standard InChI is InChI=1S/C22H32N4O4/c1-2-25-14-17-12-16(5-7-19(17)23-10-9-21(25)29)6-8-20(28)24-13-22(30)26-11-3-4-18(26)15-27/h5,7,12,18,23,27H,2-4,6,8-11,13-15H2,1H3,(H,24,28). The molecule has 3 amide bonds. The third kappa shape index (κ3) is 5.50. The molecule has 8 heteroatoms. The van der Waals surface area contributed by atoms with E-state index in [1.165, 1.54) is 0 Å². The molecule has 2 heterocycles. The maximum Gasteiger partial charge on any atom is 0.242 e. The fourth-order valence-corrected chi connectivity index (χ4v) is 4.13. The number of anilines is 1. The summed E-state index contributed by atoms with van der Waals surface area (Å²) in [6.07, 6.45) is 3.05. The summed E-state index contributed by atoms with van der Waals surface area (Å²) in [4.78, 5) is 40.1. The Hall–Kier alpha value is -2.61. The number of carbonyl (C=O) groups is 3.